The molecule has 1 saturated heterocycles. The molecule has 26 heavy (non-hydrogen) atoms. The number of piperidine rings is 1. The number of aromatic hydroxyl groups is 1. The van der Waals surface area contributed by atoms with E-state index in [0.29, 0.717) is 17.4 Å². The molecular weight excluding hydrogens is 348 g/mol. The third-order valence-corrected chi connectivity index (χ3v) is 5.56. The average Bonchev–Trinajstić information content (AvgIpc) is 2.85. The van der Waals surface area contributed by atoms with Crippen molar-refractivity contribution in [3.63, 3.8) is 0 Å². The predicted molar refractivity (Wildman–Crippen MR) is 105 cm³/mol. The van der Waals surface area contributed by atoms with Crippen molar-refractivity contribution in [1.82, 2.24) is 10.2 Å². The van der Waals surface area contributed by atoms with Gasteiger partial charge in [0, 0.05) is 30.2 Å². The molecule has 0 spiro atoms. The Morgan fingerprint density at radius 2 is 2.00 bits per heavy atom. The second kappa shape index (κ2) is 7.87. The number of nitrogens with zero attached hydrogens (tertiary/aromatic N) is 1. The molecule has 4 nitrogen and oxygen atoms in total. The fourth-order valence-electron chi connectivity index (χ4n) is 3.97. The van der Waals surface area contributed by atoms with Crippen LogP contribution in [0.15, 0.2) is 36.4 Å². The van der Waals surface area contributed by atoms with E-state index in [0.717, 1.165) is 55.3 Å². The van der Waals surface area contributed by atoms with Crippen molar-refractivity contribution in [1.29, 1.82) is 0 Å². The number of hydrogen-bond donors (Lipinski definition) is 2. The lowest BCUT2D eigenvalue weighted by atomic mass is 9.97. The van der Waals surface area contributed by atoms with Gasteiger partial charge in [0.25, 0.3) is 0 Å². The molecule has 2 aliphatic rings. The zero-order chi connectivity index (χ0) is 17.9. The Balaban J connectivity index is 1.59. The van der Waals surface area contributed by atoms with Crippen LogP contribution < -0.4 is 10.1 Å². The molecule has 0 aromatic heterocycles. The maximum absolute atomic E-state index is 10.5. The first-order chi connectivity index (χ1) is 12.7. The van der Waals surface area contributed by atoms with Gasteiger partial charge in [0.1, 0.15) is 6.61 Å². The average molecular weight is 373 g/mol. The van der Waals surface area contributed by atoms with Crippen LogP contribution in [-0.2, 0) is 6.54 Å². The molecule has 0 aliphatic carbocycles. The largest absolute Gasteiger partial charge is 0.504 e. The lowest BCUT2D eigenvalue weighted by molar-refractivity contribution is 0.180. The Bertz CT molecular complexity index is 775. The van der Waals surface area contributed by atoms with Crippen molar-refractivity contribution < 1.29 is 9.84 Å². The maximum Gasteiger partial charge on any atom is 0.165 e. The highest BCUT2D eigenvalue weighted by Gasteiger charge is 2.23. The summed E-state index contributed by atoms with van der Waals surface area (Å²) >= 11 is 6.14. The number of rotatable bonds is 3. The highest BCUT2D eigenvalue weighted by Crippen LogP contribution is 2.38. The Morgan fingerprint density at radius 1 is 1.15 bits per heavy atom. The first kappa shape index (κ1) is 17.7. The minimum atomic E-state index is 0.209. The van der Waals surface area contributed by atoms with Gasteiger partial charge in [-0.05, 0) is 67.2 Å². The van der Waals surface area contributed by atoms with Gasteiger partial charge in [-0.15, -0.1) is 0 Å². The van der Waals surface area contributed by atoms with Crippen molar-refractivity contribution in [2.75, 3.05) is 32.8 Å². The quantitative estimate of drug-likeness (QED) is 0.857. The molecule has 0 unspecified atom stereocenters. The summed E-state index contributed by atoms with van der Waals surface area (Å²) in [5.74, 6) is 1.58. The SMILES string of the molecule is Oc1cc(-c2cccc(Cl)c2)cc2c1OCCN(CC1CCNCC1)C2. The maximum atomic E-state index is 10.5. The Morgan fingerprint density at radius 3 is 2.81 bits per heavy atom. The van der Waals surface area contributed by atoms with Crippen molar-refractivity contribution in [3.05, 3.63) is 47.0 Å². The van der Waals surface area contributed by atoms with Gasteiger partial charge in [0.2, 0.25) is 0 Å². The second-order valence-corrected chi connectivity index (χ2v) is 7.71. The minimum Gasteiger partial charge on any atom is -0.504 e. The molecule has 138 valence electrons. The molecule has 2 heterocycles. The molecule has 0 bridgehead atoms. The fourth-order valence-corrected chi connectivity index (χ4v) is 4.16. The molecule has 0 radical (unpaired) electrons. The predicted octanol–water partition coefficient (Wildman–Crippen LogP) is 3.91. The van der Waals surface area contributed by atoms with Crippen LogP contribution in [0.1, 0.15) is 18.4 Å². The molecule has 2 aromatic rings. The zero-order valence-corrected chi connectivity index (χ0v) is 15.6. The summed E-state index contributed by atoms with van der Waals surface area (Å²) in [4.78, 5) is 2.46. The highest BCUT2D eigenvalue weighted by molar-refractivity contribution is 6.30. The van der Waals surface area contributed by atoms with E-state index in [2.05, 4.69) is 16.3 Å². The molecule has 0 saturated carbocycles. The number of hydrogen-bond acceptors (Lipinski definition) is 4. The molecule has 4 rings (SSSR count). The molecule has 2 N–H and O–H groups in total. The van der Waals surface area contributed by atoms with Crippen molar-refractivity contribution in [3.8, 4) is 22.6 Å². The second-order valence-electron chi connectivity index (χ2n) is 7.27. The molecule has 5 heteroatoms. The molecule has 0 amide bonds. The first-order valence-corrected chi connectivity index (χ1v) is 9.74. The van der Waals surface area contributed by atoms with Gasteiger partial charge in [-0.3, -0.25) is 4.90 Å². The Kier molecular flexibility index (Phi) is 5.34. The van der Waals surface area contributed by atoms with Crippen LogP contribution in [0, 0.1) is 5.92 Å². The number of phenols is 1. The van der Waals surface area contributed by atoms with E-state index in [1.165, 1.54) is 12.8 Å². The summed E-state index contributed by atoms with van der Waals surface area (Å²) in [6.45, 7) is 5.64. The summed E-state index contributed by atoms with van der Waals surface area (Å²) in [6.07, 6.45) is 2.47. The van der Waals surface area contributed by atoms with Gasteiger partial charge in [0.05, 0.1) is 0 Å². The van der Waals surface area contributed by atoms with Crippen molar-refractivity contribution in [2.24, 2.45) is 5.92 Å². The van der Waals surface area contributed by atoms with Crippen LogP contribution >= 0.6 is 11.6 Å². The van der Waals surface area contributed by atoms with Crippen LogP contribution in [0.25, 0.3) is 11.1 Å². The van der Waals surface area contributed by atoms with Crippen LogP contribution in [0.5, 0.6) is 11.5 Å². The van der Waals surface area contributed by atoms with Crippen LogP contribution in [-0.4, -0.2) is 42.8 Å². The van der Waals surface area contributed by atoms with E-state index >= 15 is 0 Å². The highest BCUT2D eigenvalue weighted by atomic mass is 35.5. The monoisotopic (exact) mass is 372 g/mol. The summed E-state index contributed by atoms with van der Waals surface area (Å²) < 4.78 is 5.88. The van der Waals surface area contributed by atoms with Crippen molar-refractivity contribution >= 4 is 11.6 Å². The summed E-state index contributed by atoms with van der Waals surface area (Å²) in [5.41, 5.74) is 3.02. The Hall–Kier alpha value is -1.75. The molecule has 2 aliphatic heterocycles. The van der Waals surface area contributed by atoms with E-state index in [1.54, 1.807) is 6.07 Å². The number of halogens is 1. The number of nitrogens with one attached hydrogen (secondary N) is 1. The zero-order valence-electron chi connectivity index (χ0n) is 14.9. The molecule has 2 aromatic carbocycles. The number of ether oxygens (including phenoxy) is 1. The van der Waals surface area contributed by atoms with Crippen molar-refractivity contribution in [2.45, 2.75) is 19.4 Å². The summed E-state index contributed by atoms with van der Waals surface area (Å²) in [6, 6.07) is 11.6. The topological polar surface area (TPSA) is 44.7 Å². The lowest BCUT2D eigenvalue weighted by Gasteiger charge is -2.28. The molecular formula is C21H25ClN2O2. The minimum absolute atomic E-state index is 0.209. The van der Waals surface area contributed by atoms with Crippen LogP contribution in [0.4, 0.5) is 0 Å². The number of phenolic OH excluding ortho intramolecular Hbond substituents is 1. The van der Waals surface area contributed by atoms with Gasteiger partial charge in [-0.2, -0.15) is 0 Å². The van der Waals surface area contributed by atoms with E-state index in [9.17, 15) is 5.11 Å². The smallest absolute Gasteiger partial charge is 0.165 e. The summed E-state index contributed by atoms with van der Waals surface area (Å²) in [7, 11) is 0. The number of fused-ring (bicyclic) bond motifs is 1. The first-order valence-electron chi connectivity index (χ1n) is 9.37. The van der Waals surface area contributed by atoms with E-state index < -0.39 is 0 Å². The van der Waals surface area contributed by atoms with E-state index in [4.69, 9.17) is 16.3 Å². The van der Waals surface area contributed by atoms with E-state index in [1.807, 2.05) is 24.3 Å². The van der Waals surface area contributed by atoms with Crippen LogP contribution in [0.3, 0.4) is 0 Å². The van der Waals surface area contributed by atoms with Gasteiger partial charge >= 0.3 is 0 Å². The normalized spacial score (nSPS) is 18.8. The van der Waals surface area contributed by atoms with Gasteiger partial charge in [-0.25, -0.2) is 0 Å². The fraction of sp³-hybridized carbons (Fsp3) is 0.429. The van der Waals surface area contributed by atoms with Crippen LogP contribution in [0.2, 0.25) is 5.02 Å². The molecule has 1 fully saturated rings. The standard InChI is InChI=1S/C21H25ClN2O2/c22-19-3-1-2-16(11-19)17-10-18-14-24(13-15-4-6-23-7-5-15)8-9-26-21(18)20(25)12-17/h1-3,10-12,15,23,25H,4-9,13-14H2. The lowest BCUT2D eigenvalue weighted by Crippen LogP contribution is -2.36. The number of benzene rings is 2. The summed E-state index contributed by atoms with van der Waals surface area (Å²) in [5, 5.41) is 14.6. The Labute approximate surface area is 159 Å². The van der Waals surface area contributed by atoms with Gasteiger partial charge < -0.3 is 15.2 Å². The van der Waals surface area contributed by atoms with Gasteiger partial charge in [0.15, 0.2) is 11.5 Å². The van der Waals surface area contributed by atoms with E-state index in [-0.39, 0.29) is 5.75 Å². The molecule has 0 atom stereocenters. The third kappa shape index (κ3) is 3.98. The third-order valence-electron chi connectivity index (χ3n) is 5.33. The van der Waals surface area contributed by atoms with Gasteiger partial charge in [-0.1, -0.05) is 23.7 Å².